The number of piperidine rings is 1. The molecule has 2 heterocycles. The van der Waals surface area contributed by atoms with Gasteiger partial charge in [-0.15, -0.1) is 0 Å². The van der Waals surface area contributed by atoms with Crippen molar-refractivity contribution in [3.05, 3.63) is 71.7 Å². The van der Waals surface area contributed by atoms with Crippen molar-refractivity contribution in [3.8, 4) is 11.3 Å². The minimum atomic E-state index is -4.61. The summed E-state index contributed by atoms with van der Waals surface area (Å²) < 4.78 is 53.1. The van der Waals surface area contributed by atoms with Crippen LogP contribution in [0.4, 0.5) is 23.2 Å². The first-order chi connectivity index (χ1) is 16.7. The van der Waals surface area contributed by atoms with E-state index in [1.807, 2.05) is 30.3 Å². The van der Waals surface area contributed by atoms with Crippen molar-refractivity contribution >= 4 is 17.5 Å². The molecule has 3 N–H and O–H groups in total. The van der Waals surface area contributed by atoms with Crippen molar-refractivity contribution in [1.82, 2.24) is 20.4 Å². The van der Waals surface area contributed by atoms with E-state index in [0.717, 1.165) is 17.7 Å². The molecular weight excluding hydrogens is 466 g/mol. The summed E-state index contributed by atoms with van der Waals surface area (Å²) in [7, 11) is 0. The minimum Gasteiger partial charge on any atom is -0.382 e. The van der Waals surface area contributed by atoms with Crippen LogP contribution in [0.25, 0.3) is 11.3 Å². The van der Waals surface area contributed by atoms with E-state index in [1.165, 1.54) is 4.90 Å². The van der Waals surface area contributed by atoms with Gasteiger partial charge in [0.15, 0.2) is 0 Å². The molecule has 0 unspecified atom stereocenters. The summed E-state index contributed by atoms with van der Waals surface area (Å²) in [5.41, 5.74) is 0.410. The molecule has 11 heteroatoms. The number of hydrogen-bond donors (Lipinski definition) is 3. The average molecular weight is 489 g/mol. The van der Waals surface area contributed by atoms with E-state index >= 15 is 0 Å². The van der Waals surface area contributed by atoms with E-state index in [-0.39, 0.29) is 29.9 Å². The van der Waals surface area contributed by atoms with Crippen LogP contribution < -0.4 is 10.6 Å². The molecule has 0 radical (unpaired) electrons. The van der Waals surface area contributed by atoms with E-state index in [0.29, 0.717) is 37.7 Å². The van der Waals surface area contributed by atoms with Gasteiger partial charge in [0.05, 0.1) is 17.8 Å². The van der Waals surface area contributed by atoms with Crippen molar-refractivity contribution in [3.63, 3.8) is 0 Å². The molecule has 7 nitrogen and oxygen atoms in total. The number of carbonyl (C=O) groups excluding carboxylic acids is 2. The first kappa shape index (κ1) is 24.2. The maximum absolute atomic E-state index is 13.5. The predicted molar refractivity (Wildman–Crippen MR) is 121 cm³/mol. The van der Waals surface area contributed by atoms with Crippen molar-refractivity contribution in [2.24, 2.45) is 0 Å². The van der Waals surface area contributed by atoms with E-state index < -0.39 is 23.5 Å². The molecule has 3 aromatic rings. The number of carbonyl (C=O) groups is 2. The van der Waals surface area contributed by atoms with Gasteiger partial charge in [-0.25, -0.2) is 4.39 Å². The van der Waals surface area contributed by atoms with Crippen LogP contribution in [0.2, 0.25) is 0 Å². The largest absolute Gasteiger partial charge is 0.418 e. The Morgan fingerprint density at radius 1 is 1.06 bits per heavy atom. The third kappa shape index (κ3) is 5.97. The second kappa shape index (κ2) is 10.2. The van der Waals surface area contributed by atoms with Gasteiger partial charge < -0.3 is 15.5 Å². The maximum atomic E-state index is 13.5. The fourth-order valence-corrected chi connectivity index (χ4v) is 3.93. The molecule has 1 aromatic heterocycles. The van der Waals surface area contributed by atoms with Gasteiger partial charge in [-0.2, -0.15) is 18.3 Å². The second-order valence-corrected chi connectivity index (χ2v) is 8.20. The van der Waals surface area contributed by atoms with E-state index in [1.54, 1.807) is 6.07 Å². The molecule has 0 atom stereocenters. The number of H-pyrrole nitrogens is 1. The highest BCUT2D eigenvalue weighted by Gasteiger charge is 2.34. The third-order valence-corrected chi connectivity index (χ3v) is 5.79. The number of amides is 2. The Morgan fingerprint density at radius 2 is 1.77 bits per heavy atom. The number of aromatic nitrogens is 2. The van der Waals surface area contributed by atoms with Crippen molar-refractivity contribution in [1.29, 1.82) is 0 Å². The van der Waals surface area contributed by atoms with Crippen LogP contribution in [0, 0.1) is 5.82 Å². The second-order valence-electron chi connectivity index (χ2n) is 8.20. The Hall–Kier alpha value is -3.89. The molecule has 1 saturated heterocycles. The number of alkyl halides is 3. The van der Waals surface area contributed by atoms with Gasteiger partial charge in [-0.1, -0.05) is 30.3 Å². The highest BCUT2D eigenvalue weighted by Crippen LogP contribution is 2.36. The fourth-order valence-electron chi connectivity index (χ4n) is 3.93. The van der Waals surface area contributed by atoms with Crippen LogP contribution in [0.1, 0.15) is 28.9 Å². The van der Waals surface area contributed by atoms with Crippen molar-refractivity contribution in [2.45, 2.75) is 25.1 Å². The van der Waals surface area contributed by atoms with Gasteiger partial charge in [0.1, 0.15) is 11.5 Å². The zero-order valence-electron chi connectivity index (χ0n) is 18.5. The van der Waals surface area contributed by atoms with Crippen LogP contribution in [0.5, 0.6) is 0 Å². The number of nitrogens with zero attached hydrogens (tertiary/aromatic N) is 2. The number of nitrogens with one attached hydrogen (secondary N) is 3. The zero-order chi connectivity index (χ0) is 25.0. The maximum Gasteiger partial charge on any atom is 0.418 e. The smallest absolute Gasteiger partial charge is 0.382 e. The first-order valence-corrected chi connectivity index (χ1v) is 11.0. The molecule has 2 aromatic carbocycles. The monoisotopic (exact) mass is 489 g/mol. The molecule has 0 aliphatic carbocycles. The van der Waals surface area contributed by atoms with Crippen molar-refractivity contribution < 1.29 is 27.2 Å². The summed E-state index contributed by atoms with van der Waals surface area (Å²) in [6.07, 6.45) is -3.84. The standard InChI is InChI=1S/C24H23F4N5O2/c25-16-6-7-18(24(26,27)28)20(12-16)30-17-8-10-33(11-9-17)22(34)14-29-23(35)21-13-19(31-32-21)15-4-2-1-3-5-15/h1-7,12-13,17,30H,8-11,14H2,(H,29,35)(H,31,32). The summed E-state index contributed by atoms with van der Waals surface area (Å²) in [5.74, 6) is -1.55. The van der Waals surface area contributed by atoms with Gasteiger partial charge in [-0.05, 0) is 37.1 Å². The summed E-state index contributed by atoms with van der Waals surface area (Å²) in [4.78, 5) is 26.4. The van der Waals surface area contributed by atoms with E-state index in [2.05, 4.69) is 20.8 Å². The normalized spacial score (nSPS) is 14.6. The van der Waals surface area contributed by atoms with Crippen LogP contribution in [-0.2, 0) is 11.0 Å². The Kier molecular flexibility index (Phi) is 7.04. The molecule has 0 saturated carbocycles. The molecule has 1 aliphatic rings. The summed E-state index contributed by atoms with van der Waals surface area (Å²) >= 11 is 0. The Balaban J connectivity index is 1.27. The van der Waals surface area contributed by atoms with E-state index in [4.69, 9.17) is 0 Å². The minimum absolute atomic E-state index is 0.218. The molecule has 2 amide bonds. The molecule has 4 rings (SSSR count). The van der Waals surface area contributed by atoms with Crippen molar-refractivity contribution in [2.75, 3.05) is 25.0 Å². The lowest BCUT2D eigenvalue weighted by Gasteiger charge is -2.33. The number of halogens is 4. The lowest BCUT2D eigenvalue weighted by atomic mass is 10.0. The Bertz CT molecular complexity index is 1190. The third-order valence-electron chi connectivity index (χ3n) is 5.79. The average Bonchev–Trinajstić information content (AvgIpc) is 3.33. The van der Waals surface area contributed by atoms with Gasteiger partial charge in [0, 0.05) is 30.4 Å². The number of likely N-dealkylation sites (tertiary alicyclic amines) is 1. The SMILES string of the molecule is O=C(NCC(=O)N1CCC(Nc2cc(F)ccc2C(F)(F)F)CC1)c1cc(-c2ccccc2)n[nH]1. The summed E-state index contributed by atoms with van der Waals surface area (Å²) in [6, 6.07) is 12.9. The van der Waals surface area contributed by atoms with Gasteiger partial charge in [0.2, 0.25) is 5.91 Å². The van der Waals surface area contributed by atoms with E-state index in [9.17, 15) is 27.2 Å². The number of aromatic amines is 1. The Morgan fingerprint density at radius 3 is 2.46 bits per heavy atom. The summed E-state index contributed by atoms with van der Waals surface area (Å²) in [6.45, 7) is 0.370. The summed E-state index contributed by atoms with van der Waals surface area (Å²) in [5, 5.41) is 12.1. The lowest BCUT2D eigenvalue weighted by Crippen LogP contribution is -2.46. The number of benzene rings is 2. The van der Waals surface area contributed by atoms with Gasteiger partial charge in [0.25, 0.3) is 5.91 Å². The fraction of sp³-hybridized carbons (Fsp3) is 0.292. The van der Waals surface area contributed by atoms with Gasteiger partial charge in [-0.3, -0.25) is 14.7 Å². The van der Waals surface area contributed by atoms with Crippen LogP contribution in [0.15, 0.2) is 54.6 Å². The number of hydrogen-bond acceptors (Lipinski definition) is 4. The molecular formula is C24H23F4N5O2. The predicted octanol–water partition coefficient (Wildman–Crippen LogP) is 4.07. The van der Waals surface area contributed by atoms with Gasteiger partial charge >= 0.3 is 6.18 Å². The van der Waals surface area contributed by atoms with Crippen LogP contribution in [0.3, 0.4) is 0 Å². The molecule has 1 fully saturated rings. The quantitative estimate of drug-likeness (QED) is 0.456. The van der Waals surface area contributed by atoms with Crippen LogP contribution >= 0.6 is 0 Å². The Labute approximate surface area is 198 Å². The molecule has 1 aliphatic heterocycles. The molecule has 184 valence electrons. The molecule has 0 spiro atoms. The lowest BCUT2D eigenvalue weighted by molar-refractivity contribution is -0.137. The molecule has 35 heavy (non-hydrogen) atoms. The highest BCUT2D eigenvalue weighted by atomic mass is 19.4. The highest BCUT2D eigenvalue weighted by molar-refractivity contribution is 5.95. The number of rotatable bonds is 6. The molecule has 0 bridgehead atoms. The van der Waals surface area contributed by atoms with Crippen LogP contribution in [-0.4, -0.2) is 52.6 Å². The number of anilines is 1. The zero-order valence-corrected chi connectivity index (χ0v) is 18.5. The first-order valence-electron chi connectivity index (χ1n) is 11.0. The topological polar surface area (TPSA) is 90.1 Å².